The molecule has 3 nitrogen and oxygen atoms in total. The van der Waals surface area contributed by atoms with Crippen LogP contribution in [0.3, 0.4) is 0 Å². The van der Waals surface area contributed by atoms with E-state index in [1.54, 1.807) is 0 Å². The normalized spacial score (nSPS) is 20.9. The fourth-order valence-electron chi connectivity index (χ4n) is 6.46. The topological polar surface area (TPSA) is 27.3 Å². The summed E-state index contributed by atoms with van der Waals surface area (Å²) in [6.07, 6.45) is 11.8. The van der Waals surface area contributed by atoms with Crippen LogP contribution in [0.15, 0.2) is 36.4 Å². The van der Waals surface area contributed by atoms with Gasteiger partial charge in [-0.1, -0.05) is 63.3 Å². The van der Waals surface area contributed by atoms with Crippen LogP contribution in [0, 0.1) is 0 Å². The van der Waals surface area contributed by atoms with Gasteiger partial charge in [-0.2, -0.15) is 0 Å². The van der Waals surface area contributed by atoms with Crippen molar-refractivity contribution in [3.8, 4) is 0 Å². The third-order valence-electron chi connectivity index (χ3n) is 7.73. The highest BCUT2D eigenvalue weighted by atomic mass is 15.3. The van der Waals surface area contributed by atoms with Crippen molar-refractivity contribution in [2.75, 3.05) is 10.5 Å². The molecule has 2 N–H and O–H groups in total. The minimum Gasteiger partial charge on any atom is -0.408 e. The van der Waals surface area contributed by atoms with Crippen LogP contribution in [-0.2, 0) is 0 Å². The summed E-state index contributed by atoms with van der Waals surface area (Å²) in [5, 5.41) is 10.5. The molecule has 1 fully saturated rings. The van der Waals surface area contributed by atoms with E-state index in [0.29, 0.717) is 5.94 Å². The molecular weight excluding hydrogens is 377 g/mol. The van der Waals surface area contributed by atoms with Gasteiger partial charge in [0, 0.05) is 33.8 Å². The Morgan fingerprint density at radius 2 is 1.45 bits per heavy atom. The van der Waals surface area contributed by atoms with E-state index in [1.165, 1.54) is 79.9 Å². The largest absolute Gasteiger partial charge is 0.408 e. The number of benzene rings is 2. The van der Waals surface area contributed by atoms with Crippen LogP contribution in [0.2, 0.25) is 0 Å². The lowest BCUT2D eigenvalue weighted by molar-refractivity contribution is -0.0427. The van der Waals surface area contributed by atoms with Crippen molar-refractivity contribution in [3.05, 3.63) is 36.4 Å². The number of nitrogens with zero attached hydrogens (tertiary/aromatic N) is 1. The lowest BCUT2D eigenvalue weighted by Crippen LogP contribution is -2.68. The number of piperidine rings is 1. The van der Waals surface area contributed by atoms with E-state index in [9.17, 15) is 0 Å². The second-order valence-corrected chi connectivity index (χ2v) is 11.1. The first-order valence-electron chi connectivity index (χ1n) is 12.7. The molecule has 2 aromatic carbocycles. The molecule has 2 aliphatic heterocycles. The molecular formula is C27H42BN3. The van der Waals surface area contributed by atoms with Crippen molar-refractivity contribution in [2.45, 2.75) is 109 Å². The highest BCUT2D eigenvalue weighted by Gasteiger charge is 2.49. The molecule has 0 radical (unpaired) electrons. The molecule has 4 heteroatoms. The smallest absolute Gasteiger partial charge is 0.388 e. The van der Waals surface area contributed by atoms with Crippen molar-refractivity contribution in [2.24, 2.45) is 0 Å². The summed E-state index contributed by atoms with van der Waals surface area (Å²) in [6, 6.07) is 13.3. The number of anilines is 2. The Morgan fingerprint density at radius 1 is 0.871 bits per heavy atom. The van der Waals surface area contributed by atoms with Crippen LogP contribution in [-0.4, -0.2) is 28.9 Å². The molecule has 2 heterocycles. The molecule has 2 aliphatic rings. The van der Waals surface area contributed by atoms with Crippen molar-refractivity contribution < 1.29 is 0 Å². The predicted octanol–water partition coefficient (Wildman–Crippen LogP) is 7.48. The Kier molecular flexibility index (Phi) is 6.58. The number of likely N-dealkylation sites (tertiary alicyclic amines) is 1. The second kappa shape index (κ2) is 9.06. The minimum atomic E-state index is 0.210. The molecule has 0 aromatic heterocycles. The fraction of sp³-hybridized carbons (Fsp3) is 0.630. The van der Waals surface area contributed by atoms with Gasteiger partial charge in [0.15, 0.2) is 0 Å². The number of hydrogen-bond acceptors (Lipinski definition) is 3. The average Bonchev–Trinajstić information content (AvgIpc) is 2.71. The standard InChI is InChI=1S/C27H42BN3/c1-6-7-8-9-10-18-24(31-26(2,3)19-13-20-27(31,4)5)28-29-22-16-11-14-21-15-12-17-23(30-28)25(21)22/h11-12,14-17,24,29-30H,6-10,13,18-20H2,1-5H3/t24-/m0/s1. The van der Waals surface area contributed by atoms with Crippen molar-refractivity contribution in [1.29, 1.82) is 0 Å². The Labute approximate surface area is 190 Å². The van der Waals surface area contributed by atoms with Crippen molar-refractivity contribution in [1.82, 2.24) is 4.90 Å². The summed E-state index contributed by atoms with van der Waals surface area (Å²) in [6.45, 7) is 12.4. The van der Waals surface area contributed by atoms with Crippen LogP contribution in [0.4, 0.5) is 11.4 Å². The molecule has 2 aromatic rings. The zero-order valence-corrected chi connectivity index (χ0v) is 20.4. The summed E-state index contributed by atoms with van der Waals surface area (Å²) in [5.41, 5.74) is 2.98. The van der Waals surface area contributed by atoms with Gasteiger partial charge >= 0.3 is 6.98 Å². The van der Waals surface area contributed by atoms with Crippen molar-refractivity contribution in [3.63, 3.8) is 0 Å². The summed E-state index contributed by atoms with van der Waals surface area (Å²) < 4.78 is 0. The molecule has 0 saturated carbocycles. The van der Waals surface area contributed by atoms with Gasteiger partial charge in [0.05, 0.1) is 0 Å². The van der Waals surface area contributed by atoms with Gasteiger partial charge in [-0.05, 0) is 70.9 Å². The van der Waals surface area contributed by atoms with E-state index in [-0.39, 0.29) is 18.1 Å². The first-order chi connectivity index (χ1) is 14.8. The molecule has 1 saturated heterocycles. The van der Waals surface area contributed by atoms with E-state index in [0.717, 1.165) is 0 Å². The number of hydrogen-bond donors (Lipinski definition) is 2. The highest BCUT2D eigenvalue weighted by Crippen LogP contribution is 2.43. The number of unbranched alkanes of at least 4 members (excludes halogenated alkanes) is 4. The summed E-state index contributed by atoms with van der Waals surface area (Å²) in [4.78, 5) is 2.88. The van der Waals surface area contributed by atoms with Gasteiger partial charge in [-0.25, -0.2) is 0 Å². The molecule has 0 unspecified atom stereocenters. The number of rotatable bonds is 8. The van der Waals surface area contributed by atoms with Crippen LogP contribution >= 0.6 is 0 Å². The number of nitrogens with one attached hydrogen (secondary N) is 2. The molecule has 0 bridgehead atoms. The second-order valence-electron chi connectivity index (χ2n) is 11.1. The lowest BCUT2D eigenvalue weighted by atomic mass is 9.59. The van der Waals surface area contributed by atoms with Gasteiger partial charge in [0.25, 0.3) is 0 Å². The maximum atomic E-state index is 3.93. The SMILES string of the molecule is CCCCCCC[C@@H](B1Nc2cccc3cccc(c23)N1)N1C(C)(C)CCCC1(C)C. The zero-order chi connectivity index (χ0) is 22.1. The monoisotopic (exact) mass is 419 g/mol. The zero-order valence-electron chi connectivity index (χ0n) is 20.4. The first-order valence-corrected chi connectivity index (χ1v) is 12.7. The third-order valence-corrected chi connectivity index (χ3v) is 7.73. The van der Waals surface area contributed by atoms with Crippen LogP contribution < -0.4 is 10.5 Å². The summed E-state index contributed by atoms with van der Waals surface area (Å²) in [7, 11) is 0. The fourth-order valence-corrected chi connectivity index (χ4v) is 6.46. The Hall–Kier alpha value is -1.68. The van der Waals surface area contributed by atoms with Gasteiger partial charge in [0.2, 0.25) is 0 Å². The molecule has 1 atom stereocenters. The quantitative estimate of drug-likeness (QED) is 0.343. The predicted molar refractivity (Wildman–Crippen MR) is 138 cm³/mol. The molecule has 0 amide bonds. The molecule has 168 valence electrons. The van der Waals surface area contributed by atoms with Gasteiger partial charge in [-0.15, -0.1) is 0 Å². The van der Waals surface area contributed by atoms with Gasteiger partial charge in [-0.3, -0.25) is 4.90 Å². The minimum absolute atomic E-state index is 0.210. The Bertz CT molecular complexity index is 834. The van der Waals surface area contributed by atoms with E-state index in [2.05, 4.69) is 86.4 Å². The van der Waals surface area contributed by atoms with Crippen LogP contribution in [0.1, 0.15) is 92.4 Å². The maximum absolute atomic E-state index is 3.93. The molecule has 4 rings (SSSR count). The molecule has 0 spiro atoms. The van der Waals surface area contributed by atoms with Crippen molar-refractivity contribution >= 4 is 29.1 Å². The lowest BCUT2D eigenvalue weighted by Gasteiger charge is -2.57. The maximum Gasteiger partial charge on any atom is 0.388 e. The van der Waals surface area contributed by atoms with Crippen LogP contribution in [0.5, 0.6) is 0 Å². The van der Waals surface area contributed by atoms with Gasteiger partial charge in [0.1, 0.15) is 0 Å². The van der Waals surface area contributed by atoms with E-state index >= 15 is 0 Å². The van der Waals surface area contributed by atoms with Crippen LogP contribution in [0.25, 0.3) is 10.8 Å². The Morgan fingerprint density at radius 3 is 2.03 bits per heavy atom. The average molecular weight is 419 g/mol. The van der Waals surface area contributed by atoms with Gasteiger partial charge < -0.3 is 10.5 Å². The summed E-state index contributed by atoms with van der Waals surface area (Å²) in [5.74, 6) is 0.454. The first kappa shape index (κ1) is 22.5. The Balaban J connectivity index is 1.64. The highest BCUT2D eigenvalue weighted by molar-refractivity contribution is 6.69. The summed E-state index contributed by atoms with van der Waals surface area (Å²) >= 11 is 0. The van der Waals surface area contributed by atoms with E-state index < -0.39 is 0 Å². The third kappa shape index (κ3) is 4.60. The molecule has 0 aliphatic carbocycles. The molecule has 31 heavy (non-hydrogen) atoms. The van der Waals surface area contributed by atoms with E-state index in [1.807, 2.05) is 0 Å². The van der Waals surface area contributed by atoms with E-state index in [4.69, 9.17) is 0 Å².